The molecule has 2 heterocycles. The average molecular weight is 264 g/mol. The fourth-order valence-electron chi connectivity index (χ4n) is 2.86. The van der Waals surface area contributed by atoms with Crippen LogP contribution in [-0.4, -0.2) is 19.7 Å². The maximum absolute atomic E-state index is 4.85. The molecule has 0 aliphatic heterocycles. The molecule has 0 unspecified atom stereocenters. The second kappa shape index (κ2) is 4.40. The van der Waals surface area contributed by atoms with Gasteiger partial charge >= 0.3 is 0 Å². The first kappa shape index (κ1) is 11.6. The van der Waals surface area contributed by atoms with Gasteiger partial charge in [-0.25, -0.2) is 14.6 Å². The maximum Gasteiger partial charge on any atom is 0.182 e. The van der Waals surface area contributed by atoms with Crippen molar-refractivity contribution in [2.75, 3.05) is 0 Å². The van der Waals surface area contributed by atoms with E-state index in [0.717, 1.165) is 41.1 Å². The lowest BCUT2D eigenvalue weighted by Gasteiger charge is -2.13. The molecular formula is C16H16N4. The van der Waals surface area contributed by atoms with Crippen LogP contribution in [0.5, 0.6) is 0 Å². The second-order valence-electron chi connectivity index (χ2n) is 5.33. The Hall–Kier alpha value is -2.23. The fourth-order valence-corrected chi connectivity index (χ4v) is 2.86. The van der Waals surface area contributed by atoms with Crippen LogP contribution in [0.15, 0.2) is 30.3 Å². The maximum atomic E-state index is 4.85. The molecule has 4 heteroatoms. The van der Waals surface area contributed by atoms with Crippen LogP contribution in [0.25, 0.3) is 16.9 Å². The molecule has 4 nitrogen and oxygen atoms in total. The molecule has 0 saturated heterocycles. The number of hydrogen-bond acceptors (Lipinski definition) is 3. The quantitative estimate of drug-likeness (QED) is 0.678. The van der Waals surface area contributed by atoms with E-state index in [1.54, 1.807) is 0 Å². The van der Waals surface area contributed by atoms with Gasteiger partial charge in [-0.3, -0.25) is 0 Å². The number of benzene rings is 1. The van der Waals surface area contributed by atoms with Crippen molar-refractivity contribution in [1.82, 2.24) is 19.7 Å². The number of hydrogen-bond donors (Lipinski definition) is 0. The van der Waals surface area contributed by atoms with E-state index >= 15 is 0 Å². The SMILES string of the molecule is Cc1nn(-c2ccccc2)c2nc3c(nc12)CCCC3. The van der Waals surface area contributed by atoms with Crippen molar-refractivity contribution in [2.45, 2.75) is 32.6 Å². The third kappa shape index (κ3) is 1.72. The van der Waals surface area contributed by atoms with E-state index in [1.165, 1.54) is 18.5 Å². The van der Waals surface area contributed by atoms with Crippen molar-refractivity contribution < 1.29 is 0 Å². The average Bonchev–Trinajstić information content (AvgIpc) is 2.83. The van der Waals surface area contributed by atoms with Gasteiger partial charge in [-0.2, -0.15) is 5.10 Å². The van der Waals surface area contributed by atoms with Gasteiger partial charge in [0.1, 0.15) is 5.52 Å². The van der Waals surface area contributed by atoms with Crippen LogP contribution in [0.2, 0.25) is 0 Å². The highest BCUT2D eigenvalue weighted by molar-refractivity contribution is 5.75. The minimum Gasteiger partial charge on any atom is -0.246 e. The molecule has 4 rings (SSSR count). The van der Waals surface area contributed by atoms with Gasteiger partial charge < -0.3 is 0 Å². The third-order valence-electron chi connectivity index (χ3n) is 3.90. The third-order valence-corrected chi connectivity index (χ3v) is 3.90. The molecule has 0 spiro atoms. The summed E-state index contributed by atoms with van der Waals surface area (Å²) in [4.78, 5) is 9.67. The van der Waals surface area contributed by atoms with Crippen molar-refractivity contribution in [2.24, 2.45) is 0 Å². The summed E-state index contributed by atoms with van der Waals surface area (Å²) in [5.74, 6) is 0. The van der Waals surface area contributed by atoms with Gasteiger partial charge in [-0.15, -0.1) is 0 Å². The minimum atomic E-state index is 0.884. The highest BCUT2D eigenvalue weighted by atomic mass is 15.3. The monoisotopic (exact) mass is 264 g/mol. The van der Waals surface area contributed by atoms with Gasteiger partial charge in [0.05, 0.1) is 22.8 Å². The predicted octanol–water partition coefficient (Wildman–Crippen LogP) is 3.00. The predicted molar refractivity (Wildman–Crippen MR) is 78.0 cm³/mol. The summed E-state index contributed by atoms with van der Waals surface area (Å²) >= 11 is 0. The highest BCUT2D eigenvalue weighted by Crippen LogP contribution is 2.24. The van der Waals surface area contributed by atoms with Crippen LogP contribution >= 0.6 is 0 Å². The van der Waals surface area contributed by atoms with Crippen LogP contribution < -0.4 is 0 Å². The lowest BCUT2D eigenvalue weighted by molar-refractivity contribution is 0.653. The van der Waals surface area contributed by atoms with Crippen molar-refractivity contribution >= 4 is 11.2 Å². The summed E-state index contributed by atoms with van der Waals surface area (Å²) < 4.78 is 1.91. The zero-order valence-corrected chi connectivity index (χ0v) is 11.5. The molecule has 0 atom stereocenters. The summed E-state index contributed by atoms with van der Waals surface area (Å²) in [6.07, 6.45) is 4.52. The van der Waals surface area contributed by atoms with Crippen LogP contribution in [0.4, 0.5) is 0 Å². The summed E-state index contributed by atoms with van der Waals surface area (Å²) in [5, 5.41) is 4.62. The summed E-state index contributed by atoms with van der Waals surface area (Å²) in [5.41, 5.74) is 6.13. The van der Waals surface area contributed by atoms with Gasteiger partial charge in [0.25, 0.3) is 0 Å². The minimum absolute atomic E-state index is 0.884. The van der Waals surface area contributed by atoms with Crippen LogP contribution in [0.1, 0.15) is 29.9 Å². The first-order valence-corrected chi connectivity index (χ1v) is 7.13. The summed E-state index contributed by atoms with van der Waals surface area (Å²) in [6, 6.07) is 10.1. The van der Waals surface area contributed by atoms with E-state index in [-0.39, 0.29) is 0 Å². The molecule has 0 amide bonds. The Balaban J connectivity index is 1.99. The Morgan fingerprint density at radius 2 is 1.65 bits per heavy atom. The van der Waals surface area contributed by atoms with Gasteiger partial charge in [0.15, 0.2) is 5.65 Å². The second-order valence-corrected chi connectivity index (χ2v) is 5.33. The van der Waals surface area contributed by atoms with Gasteiger partial charge in [0, 0.05) is 0 Å². The van der Waals surface area contributed by atoms with Gasteiger partial charge in [0.2, 0.25) is 0 Å². The number of para-hydroxylation sites is 1. The largest absolute Gasteiger partial charge is 0.246 e. The van der Waals surface area contributed by atoms with E-state index in [4.69, 9.17) is 9.97 Å². The first-order chi connectivity index (χ1) is 9.83. The molecule has 1 aliphatic rings. The van der Waals surface area contributed by atoms with Crippen LogP contribution in [-0.2, 0) is 12.8 Å². The Bertz CT molecular complexity index is 774. The standard InChI is InChI=1S/C16H16N4/c1-11-15-16(18-14-10-6-5-9-13(14)17-15)20(19-11)12-7-3-2-4-8-12/h2-4,7-8H,5-6,9-10H2,1H3. The van der Waals surface area contributed by atoms with Crippen molar-refractivity contribution in [3.8, 4) is 5.69 Å². The number of aryl methyl sites for hydroxylation is 3. The Labute approximate surface area is 117 Å². The summed E-state index contributed by atoms with van der Waals surface area (Å²) in [6.45, 7) is 2.01. The lowest BCUT2D eigenvalue weighted by atomic mass is 10.0. The van der Waals surface area contributed by atoms with E-state index in [9.17, 15) is 0 Å². The number of fused-ring (bicyclic) bond motifs is 2. The molecule has 100 valence electrons. The Kier molecular flexibility index (Phi) is 2.55. The van der Waals surface area contributed by atoms with Crippen molar-refractivity contribution in [3.05, 3.63) is 47.4 Å². The number of rotatable bonds is 1. The normalized spacial score (nSPS) is 14.4. The molecule has 0 fully saturated rings. The molecule has 1 aromatic carbocycles. The van der Waals surface area contributed by atoms with Crippen molar-refractivity contribution in [3.63, 3.8) is 0 Å². The van der Waals surface area contributed by atoms with Crippen LogP contribution in [0.3, 0.4) is 0 Å². The van der Waals surface area contributed by atoms with E-state index in [0.29, 0.717) is 0 Å². The molecule has 20 heavy (non-hydrogen) atoms. The van der Waals surface area contributed by atoms with Crippen molar-refractivity contribution in [1.29, 1.82) is 0 Å². The molecule has 0 bridgehead atoms. The fraction of sp³-hybridized carbons (Fsp3) is 0.312. The van der Waals surface area contributed by atoms with Gasteiger partial charge in [-0.05, 0) is 44.7 Å². The van der Waals surface area contributed by atoms with E-state index in [2.05, 4.69) is 5.10 Å². The molecule has 0 saturated carbocycles. The zero-order valence-electron chi connectivity index (χ0n) is 11.5. The molecule has 0 radical (unpaired) electrons. The molecule has 0 N–H and O–H groups in total. The highest BCUT2D eigenvalue weighted by Gasteiger charge is 2.18. The lowest BCUT2D eigenvalue weighted by Crippen LogP contribution is -2.09. The van der Waals surface area contributed by atoms with E-state index in [1.807, 2.05) is 41.9 Å². The Morgan fingerprint density at radius 3 is 2.40 bits per heavy atom. The summed E-state index contributed by atoms with van der Waals surface area (Å²) in [7, 11) is 0. The molecule has 3 aromatic rings. The number of nitrogens with zero attached hydrogens (tertiary/aromatic N) is 4. The first-order valence-electron chi connectivity index (χ1n) is 7.13. The Morgan fingerprint density at radius 1 is 0.950 bits per heavy atom. The topological polar surface area (TPSA) is 43.6 Å². The smallest absolute Gasteiger partial charge is 0.182 e. The van der Waals surface area contributed by atoms with Crippen LogP contribution in [0, 0.1) is 6.92 Å². The molecule has 1 aliphatic carbocycles. The van der Waals surface area contributed by atoms with E-state index < -0.39 is 0 Å². The molecular weight excluding hydrogens is 248 g/mol. The molecule has 2 aromatic heterocycles. The van der Waals surface area contributed by atoms with Gasteiger partial charge in [-0.1, -0.05) is 18.2 Å². The zero-order chi connectivity index (χ0) is 13.5. The number of aromatic nitrogens is 4.